The van der Waals surface area contributed by atoms with Crippen molar-refractivity contribution in [2.45, 2.75) is 33.1 Å². The Morgan fingerprint density at radius 1 is 0.950 bits per heavy atom. The van der Waals surface area contributed by atoms with E-state index in [1.54, 1.807) is 0 Å². The maximum atomic E-state index is 4.68. The topological polar surface area (TPSA) is 9.23 Å². The van der Waals surface area contributed by atoms with Gasteiger partial charge in [-0.15, -0.1) is 0 Å². The summed E-state index contributed by atoms with van der Waals surface area (Å²) in [4.78, 5) is 0. The molecule has 0 saturated carbocycles. The van der Waals surface area contributed by atoms with Crippen LogP contribution in [0.25, 0.3) is 11.1 Å². The van der Waals surface area contributed by atoms with Crippen LogP contribution in [0.5, 0.6) is 0 Å². The van der Waals surface area contributed by atoms with Gasteiger partial charge in [0, 0.05) is 6.61 Å². The molecule has 2 aromatic carbocycles. The van der Waals surface area contributed by atoms with Crippen molar-refractivity contribution in [1.82, 2.24) is 0 Å². The van der Waals surface area contributed by atoms with Crippen molar-refractivity contribution in [2.75, 3.05) is 6.61 Å². The van der Waals surface area contributed by atoms with Crippen molar-refractivity contribution < 1.29 is 4.43 Å². The second-order valence-corrected chi connectivity index (χ2v) is 5.42. The van der Waals surface area contributed by atoms with Crippen LogP contribution in [-0.4, -0.2) is 17.1 Å². The molecule has 1 unspecified atom stereocenters. The highest BCUT2D eigenvalue weighted by atomic mass is 28.2. The lowest BCUT2D eigenvalue weighted by molar-refractivity contribution is 0.375. The Bertz CT molecular complexity index is 480. The molecular formula is C18H26OSi. The molecule has 1 nitrogen and oxygen atoms in total. The van der Waals surface area contributed by atoms with Crippen LogP contribution in [-0.2, 0) is 4.43 Å². The monoisotopic (exact) mass is 286 g/mol. The van der Waals surface area contributed by atoms with Gasteiger partial charge in [-0.3, -0.25) is 0 Å². The van der Waals surface area contributed by atoms with Crippen LogP contribution in [0.1, 0.15) is 38.7 Å². The first kappa shape index (κ1) is 16.7. The summed E-state index contributed by atoms with van der Waals surface area (Å²) in [6.07, 6.45) is 1.18. The van der Waals surface area contributed by atoms with Crippen LogP contribution in [0.3, 0.4) is 0 Å². The van der Waals surface area contributed by atoms with Gasteiger partial charge in [0.15, 0.2) is 0 Å². The van der Waals surface area contributed by atoms with E-state index in [2.05, 4.69) is 72.9 Å². The maximum Gasteiger partial charge on any atom is 0.145 e. The molecule has 0 aromatic heterocycles. The van der Waals surface area contributed by atoms with Gasteiger partial charge in [-0.2, -0.15) is 0 Å². The van der Waals surface area contributed by atoms with Gasteiger partial charge in [0.25, 0.3) is 0 Å². The first-order chi connectivity index (χ1) is 9.74. The predicted molar refractivity (Wildman–Crippen MR) is 92.1 cm³/mol. The van der Waals surface area contributed by atoms with Gasteiger partial charge in [0.05, 0.1) is 0 Å². The summed E-state index contributed by atoms with van der Waals surface area (Å²) < 4.78 is 4.68. The lowest BCUT2D eigenvalue weighted by Crippen LogP contribution is -1.94. The smallest absolute Gasteiger partial charge is 0.145 e. The fourth-order valence-corrected chi connectivity index (χ4v) is 2.03. The predicted octanol–water partition coefficient (Wildman–Crippen LogP) is 4.17. The van der Waals surface area contributed by atoms with Crippen molar-refractivity contribution in [3.63, 3.8) is 0 Å². The summed E-state index contributed by atoms with van der Waals surface area (Å²) in [7, 11) is 0.890. The van der Waals surface area contributed by atoms with E-state index in [0.29, 0.717) is 5.92 Å². The Morgan fingerprint density at radius 3 is 2.05 bits per heavy atom. The van der Waals surface area contributed by atoms with Gasteiger partial charge in [0.2, 0.25) is 0 Å². The molecule has 0 aliphatic rings. The van der Waals surface area contributed by atoms with Gasteiger partial charge in [-0.05, 0) is 36.0 Å². The molecule has 0 aliphatic heterocycles. The molecule has 0 radical (unpaired) electrons. The van der Waals surface area contributed by atoms with E-state index < -0.39 is 0 Å². The number of benzene rings is 2. The van der Waals surface area contributed by atoms with Crippen molar-refractivity contribution in [3.8, 4) is 11.1 Å². The van der Waals surface area contributed by atoms with E-state index in [9.17, 15) is 0 Å². The summed E-state index contributed by atoms with van der Waals surface area (Å²) in [5.74, 6) is 0.622. The zero-order valence-electron chi connectivity index (χ0n) is 13.1. The first-order valence-electron chi connectivity index (χ1n) is 7.37. The Morgan fingerprint density at radius 2 is 1.50 bits per heavy atom. The van der Waals surface area contributed by atoms with Crippen LogP contribution in [0.2, 0.25) is 0 Å². The van der Waals surface area contributed by atoms with E-state index in [4.69, 9.17) is 0 Å². The molecule has 0 fully saturated rings. The van der Waals surface area contributed by atoms with Crippen LogP contribution >= 0.6 is 0 Å². The quantitative estimate of drug-likeness (QED) is 0.767. The number of hydrogen-bond donors (Lipinski definition) is 0. The lowest BCUT2D eigenvalue weighted by Gasteiger charge is -2.14. The summed E-state index contributed by atoms with van der Waals surface area (Å²) in [6.45, 7) is 7.41. The van der Waals surface area contributed by atoms with E-state index >= 15 is 0 Å². The molecule has 2 rings (SSSR count). The van der Waals surface area contributed by atoms with Gasteiger partial charge >= 0.3 is 0 Å². The van der Waals surface area contributed by atoms with E-state index in [1.165, 1.54) is 23.1 Å². The van der Waals surface area contributed by atoms with E-state index in [1.807, 2.05) is 6.92 Å². The first-order valence-corrected chi connectivity index (χ1v) is 8.19. The molecule has 20 heavy (non-hydrogen) atoms. The number of hydrogen-bond acceptors (Lipinski definition) is 1. The highest BCUT2D eigenvalue weighted by molar-refractivity contribution is 5.97. The summed E-state index contributed by atoms with van der Waals surface area (Å²) >= 11 is 0. The normalized spacial score (nSPS) is 11.6. The van der Waals surface area contributed by atoms with Crippen molar-refractivity contribution >= 4 is 10.5 Å². The van der Waals surface area contributed by atoms with Gasteiger partial charge in [0.1, 0.15) is 10.5 Å². The third kappa shape index (κ3) is 4.95. The van der Waals surface area contributed by atoms with Crippen molar-refractivity contribution in [2.24, 2.45) is 0 Å². The Hall–Kier alpha value is -1.38. The minimum absolute atomic E-state index is 0.622. The van der Waals surface area contributed by atoms with Crippen LogP contribution in [0, 0.1) is 0 Å². The second kappa shape index (κ2) is 9.51. The number of rotatable bonds is 4. The summed E-state index contributed by atoms with van der Waals surface area (Å²) in [5, 5.41) is 0. The van der Waals surface area contributed by atoms with Gasteiger partial charge in [-0.1, -0.05) is 68.4 Å². The molecule has 0 bridgehead atoms. The molecule has 0 N–H and O–H groups in total. The molecule has 0 amide bonds. The second-order valence-electron chi connectivity index (χ2n) is 4.84. The molecule has 2 heteroatoms. The van der Waals surface area contributed by atoms with Crippen LogP contribution < -0.4 is 0 Å². The average Bonchev–Trinajstić information content (AvgIpc) is 2.55. The zero-order chi connectivity index (χ0) is 14.8. The molecule has 1 atom stereocenters. The summed E-state index contributed by atoms with van der Waals surface area (Å²) in [5.41, 5.74) is 4.15. The zero-order valence-corrected chi connectivity index (χ0v) is 15.1. The minimum Gasteiger partial charge on any atom is -0.428 e. The van der Waals surface area contributed by atoms with E-state index in [0.717, 1.165) is 17.1 Å². The highest BCUT2D eigenvalue weighted by Gasteiger charge is 2.09. The SMILES string of the molecule is CCC(C)c1ccccc1-c1ccccc1.CCO[SiH3]. The fraction of sp³-hybridized carbons (Fsp3) is 0.333. The third-order valence-corrected chi connectivity index (χ3v) is 4.05. The highest BCUT2D eigenvalue weighted by Crippen LogP contribution is 2.30. The Balaban J connectivity index is 0.000000444. The molecule has 108 valence electrons. The Kier molecular flexibility index (Phi) is 7.93. The van der Waals surface area contributed by atoms with Crippen molar-refractivity contribution in [1.29, 1.82) is 0 Å². The van der Waals surface area contributed by atoms with Crippen LogP contribution in [0.4, 0.5) is 0 Å². The van der Waals surface area contributed by atoms with Gasteiger partial charge < -0.3 is 4.43 Å². The molecular weight excluding hydrogens is 260 g/mol. The summed E-state index contributed by atoms with van der Waals surface area (Å²) in [6, 6.07) is 19.3. The molecule has 2 aromatic rings. The standard InChI is InChI=1S/C16H18.C2H8OSi/c1-3-13(2)15-11-7-8-12-16(15)14-9-5-4-6-10-14;1-2-3-4/h4-13H,3H2,1-2H3;2H2,1,4H3. The largest absolute Gasteiger partial charge is 0.428 e. The third-order valence-electron chi connectivity index (χ3n) is 3.48. The lowest BCUT2D eigenvalue weighted by atomic mass is 9.90. The van der Waals surface area contributed by atoms with E-state index in [-0.39, 0.29) is 0 Å². The molecule has 0 saturated heterocycles. The minimum atomic E-state index is 0.622. The maximum absolute atomic E-state index is 4.68. The van der Waals surface area contributed by atoms with Crippen LogP contribution in [0.15, 0.2) is 54.6 Å². The molecule has 0 aliphatic carbocycles. The molecule has 0 spiro atoms. The average molecular weight is 286 g/mol. The molecule has 0 heterocycles. The van der Waals surface area contributed by atoms with Gasteiger partial charge in [-0.25, -0.2) is 0 Å². The fourth-order valence-electron chi connectivity index (χ4n) is 2.03. The van der Waals surface area contributed by atoms with Crippen molar-refractivity contribution in [3.05, 3.63) is 60.2 Å². The Labute approximate surface area is 126 Å².